The minimum atomic E-state index is -0.556. The molecular formula is C13H13FN4O2S. The number of halogens is 1. The fourth-order valence-electron chi connectivity index (χ4n) is 1.81. The van der Waals surface area contributed by atoms with E-state index in [0.717, 1.165) is 11.1 Å². The second-order valence-corrected chi connectivity index (χ2v) is 5.48. The highest BCUT2D eigenvalue weighted by atomic mass is 32.1. The molecule has 0 atom stereocenters. The number of oxime groups is 1. The van der Waals surface area contributed by atoms with Crippen LogP contribution >= 0.6 is 11.3 Å². The van der Waals surface area contributed by atoms with Crippen molar-refractivity contribution in [3.05, 3.63) is 45.2 Å². The Labute approximate surface area is 124 Å². The van der Waals surface area contributed by atoms with E-state index in [4.69, 9.17) is 10.9 Å². The van der Waals surface area contributed by atoms with Crippen molar-refractivity contribution in [3.63, 3.8) is 0 Å². The number of hydrogen-bond acceptors (Lipinski definition) is 5. The number of thiazole rings is 1. The second-order valence-electron chi connectivity index (χ2n) is 4.28. The summed E-state index contributed by atoms with van der Waals surface area (Å²) in [5.74, 6) is -1.22. The number of benzene rings is 1. The molecule has 21 heavy (non-hydrogen) atoms. The maximum atomic E-state index is 13.3. The Hall–Kier alpha value is -2.48. The van der Waals surface area contributed by atoms with Gasteiger partial charge in [0, 0.05) is 5.56 Å². The molecule has 1 aromatic heterocycles. The topological polar surface area (TPSA) is 101 Å². The zero-order valence-electron chi connectivity index (χ0n) is 11.3. The number of anilines is 1. The third-order valence-electron chi connectivity index (χ3n) is 2.72. The predicted octanol–water partition coefficient (Wildman–Crippen LogP) is 2.25. The van der Waals surface area contributed by atoms with Gasteiger partial charge < -0.3 is 16.3 Å². The molecule has 4 N–H and O–H groups in total. The molecule has 0 bridgehead atoms. The van der Waals surface area contributed by atoms with Crippen LogP contribution < -0.4 is 11.1 Å². The third-order valence-corrected chi connectivity index (χ3v) is 3.79. The van der Waals surface area contributed by atoms with Gasteiger partial charge in [0.05, 0.1) is 16.4 Å². The van der Waals surface area contributed by atoms with Gasteiger partial charge in [0.15, 0.2) is 5.84 Å². The van der Waals surface area contributed by atoms with E-state index in [1.807, 2.05) is 0 Å². The summed E-state index contributed by atoms with van der Waals surface area (Å²) < 4.78 is 13.3. The normalized spacial score (nSPS) is 11.5. The number of aryl methyl sites for hydroxylation is 2. The number of carbonyl (C=O) groups excluding carboxylic acids is 1. The zero-order chi connectivity index (χ0) is 15.6. The Balaban J connectivity index is 2.35. The molecule has 0 aliphatic heterocycles. The van der Waals surface area contributed by atoms with Crippen LogP contribution in [0.25, 0.3) is 0 Å². The summed E-state index contributed by atoms with van der Waals surface area (Å²) in [6.07, 6.45) is 0. The lowest BCUT2D eigenvalue weighted by Crippen LogP contribution is -2.19. The molecule has 0 unspecified atom stereocenters. The van der Waals surface area contributed by atoms with Crippen LogP contribution in [0.1, 0.15) is 25.9 Å². The number of amides is 1. The Morgan fingerprint density at radius 2 is 2.19 bits per heavy atom. The molecule has 0 radical (unpaired) electrons. The fourth-order valence-corrected chi connectivity index (χ4v) is 2.63. The molecule has 1 aromatic carbocycles. The Morgan fingerprint density at radius 3 is 2.76 bits per heavy atom. The van der Waals surface area contributed by atoms with Crippen LogP contribution in [0.15, 0.2) is 23.4 Å². The highest BCUT2D eigenvalue weighted by molar-refractivity contribution is 7.13. The summed E-state index contributed by atoms with van der Waals surface area (Å²) in [6.45, 7) is 3.53. The van der Waals surface area contributed by atoms with E-state index < -0.39 is 5.82 Å². The number of nitrogens with zero attached hydrogens (tertiary/aromatic N) is 2. The van der Waals surface area contributed by atoms with Gasteiger partial charge in [-0.3, -0.25) is 4.79 Å². The maximum Gasteiger partial charge on any atom is 0.267 e. The van der Waals surface area contributed by atoms with Gasteiger partial charge in [-0.2, -0.15) is 0 Å². The predicted molar refractivity (Wildman–Crippen MR) is 78.5 cm³/mol. The SMILES string of the molecule is Cc1nc(C)c(C(=O)Nc2ccc(F)cc2/C(N)=N/O)s1. The first-order valence-electron chi connectivity index (χ1n) is 5.95. The molecule has 0 saturated carbocycles. The number of carbonyl (C=O) groups is 1. The van der Waals surface area contributed by atoms with Crippen molar-refractivity contribution in [1.82, 2.24) is 4.98 Å². The average molecular weight is 308 g/mol. The lowest BCUT2D eigenvalue weighted by Gasteiger charge is -2.09. The molecule has 0 aliphatic rings. The van der Waals surface area contributed by atoms with E-state index in [0.29, 0.717) is 10.6 Å². The van der Waals surface area contributed by atoms with Crippen LogP contribution in [0, 0.1) is 19.7 Å². The summed E-state index contributed by atoms with van der Waals surface area (Å²) in [6, 6.07) is 3.60. The van der Waals surface area contributed by atoms with Gasteiger partial charge >= 0.3 is 0 Å². The molecule has 0 saturated heterocycles. The largest absolute Gasteiger partial charge is 0.409 e. The number of rotatable bonds is 3. The summed E-state index contributed by atoms with van der Waals surface area (Å²) in [7, 11) is 0. The number of hydrogen-bond donors (Lipinski definition) is 3. The van der Waals surface area contributed by atoms with Crippen LogP contribution in [-0.4, -0.2) is 21.9 Å². The van der Waals surface area contributed by atoms with Crippen LogP contribution in [0.4, 0.5) is 10.1 Å². The highest BCUT2D eigenvalue weighted by Gasteiger charge is 2.17. The van der Waals surface area contributed by atoms with Gasteiger partial charge in [-0.05, 0) is 32.0 Å². The van der Waals surface area contributed by atoms with E-state index in [1.165, 1.54) is 23.5 Å². The van der Waals surface area contributed by atoms with Crippen molar-refractivity contribution >= 4 is 28.8 Å². The van der Waals surface area contributed by atoms with Crippen LogP contribution in [-0.2, 0) is 0 Å². The van der Waals surface area contributed by atoms with Gasteiger partial charge in [-0.25, -0.2) is 9.37 Å². The first kappa shape index (κ1) is 14.9. The molecule has 0 aliphatic carbocycles. The van der Waals surface area contributed by atoms with Crippen LogP contribution in [0.5, 0.6) is 0 Å². The Morgan fingerprint density at radius 1 is 1.48 bits per heavy atom. The maximum absolute atomic E-state index is 13.3. The van der Waals surface area contributed by atoms with E-state index in [1.54, 1.807) is 13.8 Å². The van der Waals surface area contributed by atoms with Crippen molar-refractivity contribution in [2.24, 2.45) is 10.9 Å². The monoisotopic (exact) mass is 308 g/mol. The van der Waals surface area contributed by atoms with Crippen molar-refractivity contribution in [2.75, 3.05) is 5.32 Å². The fraction of sp³-hybridized carbons (Fsp3) is 0.154. The molecule has 0 fully saturated rings. The first-order valence-corrected chi connectivity index (χ1v) is 6.77. The Bertz CT molecular complexity index is 727. The quantitative estimate of drug-likeness (QED) is 0.350. The lowest BCUT2D eigenvalue weighted by molar-refractivity contribution is 0.102. The van der Waals surface area contributed by atoms with Gasteiger partial charge in [-0.1, -0.05) is 5.16 Å². The van der Waals surface area contributed by atoms with Gasteiger partial charge in [0.1, 0.15) is 10.7 Å². The molecule has 110 valence electrons. The molecule has 6 nitrogen and oxygen atoms in total. The summed E-state index contributed by atoms with van der Waals surface area (Å²) in [5, 5.41) is 14.9. The number of nitrogens with two attached hydrogens (primary N) is 1. The van der Waals surface area contributed by atoms with Crippen molar-refractivity contribution in [3.8, 4) is 0 Å². The lowest BCUT2D eigenvalue weighted by atomic mass is 10.1. The zero-order valence-corrected chi connectivity index (χ0v) is 12.2. The van der Waals surface area contributed by atoms with Crippen molar-refractivity contribution in [1.29, 1.82) is 0 Å². The molecule has 1 amide bonds. The summed E-state index contributed by atoms with van der Waals surface area (Å²) in [4.78, 5) is 16.8. The molecule has 2 aromatic rings. The Kier molecular flexibility index (Phi) is 4.18. The molecule has 2 rings (SSSR count). The number of nitrogens with one attached hydrogen (secondary N) is 1. The average Bonchev–Trinajstić information content (AvgIpc) is 2.78. The third kappa shape index (κ3) is 3.16. The van der Waals surface area contributed by atoms with Crippen LogP contribution in [0.2, 0.25) is 0 Å². The standard InChI is InChI=1S/C13H13FN4O2S/c1-6-11(21-7(2)16-6)13(19)17-10-4-3-8(14)5-9(10)12(15)18-20/h3-5,20H,1-2H3,(H2,15,18)(H,17,19). The molecule has 8 heteroatoms. The van der Waals surface area contributed by atoms with Gasteiger partial charge in [0.2, 0.25) is 0 Å². The van der Waals surface area contributed by atoms with E-state index in [2.05, 4.69) is 15.5 Å². The minimum absolute atomic E-state index is 0.102. The van der Waals surface area contributed by atoms with Crippen LogP contribution in [0.3, 0.4) is 0 Å². The van der Waals surface area contributed by atoms with Gasteiger partial charge in [-0.15, -0.1) is 11.3 Å². The van der Waals surface area contributed by atoms with E-state index >= 15 is 0 Å². The molecule has 1 heterocycles. The summed E-state index contributed by atoms with van der Waals surface area (Å²) >= 11 is 1.26. The van der Waals surface area contributed by atoms with E-state index in [-0.39, 0.29) is 23.0 Å². The molecule has 0 spiro atoms. The first-order chi connectivity index (χ1) is 9.92. The second kappa shape index (κ2) is 5.88. The van der Waals surface area contributed by atoms with Crippen molar-refractivity contribution in [2.45, 2.75) is 13.8 Å². The van der Waals surface area contributed by atoms with E-state index in [9.17, 15) is 9.18 Å². The smallest absolute Gasteiger partial charge is 0.267 e. The van der Waals surface area contributed by atoms with Crippen molar-refractivity contribution < 1.29 is 14.4 Å². The molecular weight excluding hydrogens is 295 g/mol. The van der Waals surface area contributed by atoms with Gasteiger partial charge in [0.25, 0.3) is 5.91 Å². The highest BCUT2D eigenvalue weighted by Crippen LogP contribution is 2.21. The number of amidine groups is 1. The minimum Gasteiger partial charge on any atom is -0.409 e. The summed E-state index contributed by atoms with van der Waals surface area (Å²) in [5.41, 5.74) is 6.45. The number of aromatic nitrogens is 1.